The summed E-state index contributed by atoms with van der Waals surface area (Å²) in [5.74, 6) is 2.82. The molecule has 13 rings (SSSR count). The van der Waals surface area contributed by atoms with Gasteiger partial charge in [0.1, 0.15) is 17.4 Å². The van der Waals surface area contributed by atoms with Crippen molar-refractivity contribution in [2.24, 2.45) is 0 Å². The summed E-state index contributed by atoms with van der Waals surface area (Å²) in [5.41, 5.74) is 4.06. The number of piperidine rings is 6. The number of anilines is 4. The number of methoxy groups -OCH3 is 1. The van der Waals surface area contributed by atoms with Crippen LogP contribution in [0.5, 0.6) is 5.75 Å². The van der Waals surface area contributed by atoms with Gasteiger partial charge in [-0.2, -0.15) is 13.2 Å². The molecule has 23 heteroatoms. The van der Waals surface area contributed by atoms with Crippen molar-refractivity contribution in [3.63, 3.8) is 0 Å². The zero-order chi connectivity index (χ0) is 69.8. The number of hydrogen-bond acceptors (Lipinski definition) is 11. The molecule has 18 nitrogen and oxygen atoms in total. The molecule has 4 aromatic rings. The first kappa shape index (κ1) is 71.6. The zero-order valence-electron chi connectivity index (χ0n) is 58.2. The highest BCUT2D eigenvalue weighted by atomic mass is 19.4. The maximum atomic E-state index is 14.2. The number of hydrogen-bond donors (Lipinski definition) is 0. The molecular formula is C75H100F5N11O7. The number of ether oxygens (including phenoxy) is 2. The molecule has 0 aliphatic carbocycles. The van der Waals surface area contributed by atoms with Gasteiger partial charge in [0.2, 0.25) is 11.8 Å². The van der Waals surface area contributed by atoms with Gasteiger partial charge in [0.15, 0.2) is 0 Å². The molecule has 3 spiro atoms. The predicted molar refractivity (Wildman–Crippen MR) is 372 cm³/mol. The quantitative estimate of drug-likeness (QED) is 0.123. The highest BCUT2D eigenvalue weighted by Crippen LogP contribution is 2.53. The maximum absolute atomic E-state index is 14.2. The molecule has 0 unspecified atom stereocenters. The molecule has 4 aromatic carbocycles. The van der Waals surface area contributed by atoms with Gasteiger partial charge < -0.3 is 53.6 Å². The number of amides is 7. The molecule has 0 aromatic heterocycles. The largest absolute Gasteiger partial charge is 0.495 e. The highest BCUT2D eigenvalue weighted by molar-refractivity contribution is 5.97. The van der Waals surface area contributed by atoms with Crippen LogP contribution in [-0.2, 0) is 36.7 Å². The topological polar surface area (TPSA) is 139 Å². The van der Waals surface area contributed by atoms with Crippen molar-refractivity contribution in [3.05, 3.63) is 113 Å². The maximum Gasteiger partial charge on any atom is 0.418 e. The van der Waals surface area contributed by atoms with Crippen molar-refractivity contribution in [1.82, 2.24) is 34.3 Å². The molecule has 0 radical (unpaired) electrons. The smallest absolute Gasteiger partial charge is 0.418 e. The Labute approximate surface area is 576 Å². The van der Waals surface area contributed by atoms with Crippen LogP contribution in [-0.4, -0.2) is 222 Å². The van der Waals surface area contributed by atoms with E-state index in [0.29, 0.717) is 88.7 Å². The standard InChI is InChI=1S/C27H35FN4O2.C25H33FN4O2.C23H30F3N3O3.H2/c1-29(2)26(33)32-19-27(22-18-20(28)8-9-23(22)32)12-16-30(17-13-27)21-10-14-31(15-11-21)24-6-4-5-7-25(24)34-3;1-4-5-6-23(31)29-13-9-20(10-14-29)28-15-11-25(12-16-28)18-30(24(32)27(2)3)22-8-7-19(26)17-21(22)25;1-3-32-21(31)28-11-7-17(8-12-28)27-13-9-22(10-14-27)15-29(16(2)30)20-18(22)5-4-6-19(20)23(24,25)26;/h4-9,18,21H,10-17,19H2,1-3H3;1,7-8,17,20H,5-6,9-16,18H2,2-3H3;4-6,17H,3,7-15H2,1-2H3;1H. The van der Waals surface area contributed by atoms with E-state index in [1.165, 1.54) is 35.7 Å². The van der Waals surface area contributed by atoms with E-state index in [-0.39, 0.29) is 59.5 Å². The Morgan fingerprint density at radius 3 is 1.44 bits per heavy atom. The lowest BCUT2D eigenvalue weighted by Crippen LogP contribution is -2.52. The number of carbonyl (C=O) groups excluding carboxylic acids is 5. The highest BCUT2D eigenvalue weighted by Gasteiger charge is 2.52. The van der Waals surface area contributed by atoms with E-state index >= 15 is 0 Å². The van der Waals surface area contributed by atoms with Gasteiger partial charge in [-0.15, -0.1) is 12.3 Å². The van der Waals surface area contributed by atoms with Gasteiger partial charge in [-0.25, -0.2) is 23.2 Å². The summed E-state index contributed by atoms with van der Waals surface area (Å²) in [6.45, 7) is 15.3. The van der Waals surface area contributed by atoms with Crippen LogP contribution < -0.4 is 24.3 Å². The molecule has 9 heterocycles. The van der Waals surface area contributed by atoms with Gasteiger partial charge in [-0.1, -0.05) is 24.3 Å². The number of benzene rings is 4. The Bertz CT molecular complexity index is 3560. The van der Waals surface area contributed by atoms with Crippen molar-refractivity contribution < 1.29 is 56.8 Å². The number of fused-ring (bicyclic) bond motifs is 6. The average Bonchev–Trinajstić information content (AvgIpc) is 1.60. The van der Waals surface area contributed by atoms with Gasteiger partial charge in [-0.3, -0.25) is 19.4 Å². The van der Waals surface area contributed by atoms with Gasteiger partial charge in [0.05, 0.1) is 30.7 Å². The number of alkyl halides is 3. The lowest BCUT2D eigenvalue weighted by molar-refractivity contribution is -0.137. The summed E-state index contributed by atoms with van der Waals surface area (Å²) in [5, 5.41) is 0. The van der Waals surface area contributed by atoms with E-state index in [1.54, 1.807) is 87.3 Å². The summed E-state index contributed by atoms with van der Waals surface area (Å²) < 4.78 is 80.1. The van der Waals surface area contributed by atoms with Crippen molar-refractivity contribution in [2.45, 2.75) is 144 Å². The molecule has 9 aliphatic rings. The lowest BCUT2D eigenvalue weighted by atomic mass is 9.73. The predicted octanol–water partition coefficient (Wildman–Crippen LogP) is 11.7. The fourth-order valence-electron chi connectivity index (χ4n) is 17.4. The number of carbonyl (C=O) groups is 5. The summed E-state index contributed by atoms with van der Waals surface area (Å²) in [7, 11) is 8.79. The summed E-state index contributed by atoms with van der Waals surface area (Å²) >= 11 is 0. The van der Waals surface area contributed by atoms with Crippen LogP contribution in [0.3, 0.4) is 0 Å². The minimum Gasteiger partial charge on any atom is -0.495 e. The molecule has 0 bridgehead atoms. The second-order valence-corrected chi connectivity index (χ2v) is 28.7. The summed E-state index contributed by atoms with van der Waals surface area (Å²) in [4.78, 5) is 83.9. The molecule has 0 N–H and O–H groups in total. The first-order valence-electron chi connectivity index (χ1n) is 35.2. The number of terminal acetylenes is 1. The Hall–Kier alpha value is -7.68. The fraction of sp³-hybridized carbons (Fsp3) is 0.587. The van der Waals surface area contributed by atoms with Crippen molar-refractivity contribution in [1.29, 1.82) is 0 Å². The molecule has 532 valence electrons. The van der Waals surface area contributed by atoms with Gasteiger partial charge in [0, 0.05) is 154 Å². The molecule has 7 amide bonds. The second-order valence-electron chi connectivity index (χ2n) is 28.7. The molecule has 0 atom stereocenters. The molecular weight excluding hydrogens is 1260 g/mol. The van der Waals surface area contributed by atoms with Gasteiger partial charge in [-0.05, 0) is 195 Å². The third-order valence-corrected chi connectivity index (χ3v) is 22.8. The number of para-hydroxylation sites is 3. The summed E-state index contributed by atoms with van der Waals surface area (Å²) in [6.07, 6.45) is 12.5. The molecule has 6 saturated heterocycles. The Kier molecular flexibility index (Phi) is 21.9. The summed E-state index contributed by atoms with van der Waals surface area (Å²) in [6, 6.07) is 23.6. The van der Waals surface area contributed by atoms with Crippen LogP contribution in [0.2, 0.25) is 0 Å². The van der Waals surface area contributed by atoms with Gasteiger partial charge >= 0.3 is 24.3 Å². The minimum absolute atomic E-state index is 0. The SMILES string of the molecule is C#CCCC(=O)N1CCC(N2CCC3(CC2)CN(C(=O)N(C)C)c2ccc(F)cc23)CC1.CCOC(=O)N1CCC(N2CCC3(CC2)CN(C(C)=O)c2c(C(F)(F)F)cccc23)CC1.COc1ccccc1N1CCC(N2CCC3(CC2)CN(C(=O)N(C)C)c2ccc(F)cc23)CC1.[HH]. The van der Waals surface area contributed by atoms with Crippen molar-refractivity contribution in [2.75, 3.05) is 160 Å². The number of rotatable bonds is 8. The number of halogens is 5. The van der Waals surface area contributed by atoms with Crippen LogP contribution in [0.25, 0.3) is 0 Å². The van der Waals surface area contributed by atoms with Crippen LogP contribution in [0.15, 0.2) is 78.9 Å². The molecule has 9 aliphatic heterocycles. The van der Waals surface area contributed by atoms with Crippen LogP contribution in [0.1, 0.15) is 127 Å². The van der Waals surface area contributed by atoms with E-state index < -0.39 is 17.2 Å². The number of nitrogens with zero attached hydrogens (tertiary/aromatic N) is 11. The minimum atomic E-state index is -4.50. The Balaban J connectivity index is 0.000000160. The lowest BCUT2D eigenvalue weighted by Gasteiger charge is -2.45. The normalized spacial score (nSPS) is 21.0. The zero-order valence-corrected chi connectivity index (χ0v) is 58.2. The third-order valence-electron chi connectivity index (χ3n) is 22.8. The number of likely N-dealkylation sites (tertiary alicyclic amines) is 5. The van der Waals surface area contributed by atoms with E-state index in [4.69, 9.17) is 15.9 Å². The Morgan fingerprint density at radius 2 is 1.01 bits per heavy atom. The van der Waals surface area contributed by atoms with Crippen LogP contribution >= 0.6 is 0 Å². The first-order chi connectivity index (χ1) is 46.9. The second kappa shape index (κ2) is 30.0. The van der Waals surface area contributed by atoms with Crippen LogP contribution in [0.4, 0.5) is 59.1 Å². The van der Waals surface area contributed by atoms with Crippen LogP contribution in [0, 0.1) is 24.0 Å². The van der Waals surface area contributed by atoms with E-state index in [9.17, 15) is 45.9 Å². The van der Waals surface area contributed by atoms with E-state index in [2.05, 4.69) is 37.7 Å². The molecule has 0 saturated carbocycles. The Morgan fingerprint density at radius 1 is 0.571 bits per heavy atom. The van der Waals surface area contributed by atoms with Crippen molar-refractivity contribution in [3.8, 4) is 18.1 Å². The third kappa shape index (κ3) is 14.8. The molecule has 98 heavy (non-hydrogen) atoms. The molecule has 6 fully saturated rings. The van der Waals surface area contributed by atoms with E-state index in [1.807, 2.05) is 26.8 Å². The fourth-order valence-corrected chi connectivity index (χ4v) is 17.4. The van der Waals surface area contributed by atoms with Gasteiger partial charge in [0.25, 0.3) is 0 Å². The van der Waals surface area contributed by atoms with Crippen molar-refractivity contribution >= 4 is 52.7 Å². The first-order valence-corrected chi connectivity index (χ1v) is 35.2. The monoisotopic (exact) mass is 1360 g/mol. The number of urea groups is 2. The van der Waals surface area contributed by atoms with E-state index in [0.717, 1.165) is 164 Å². The average molecular weight is 1360 g/mol.